The molecule has 162 valence electrons. The van der Waals surface area contributed by atoms with Crippen molar-refractivity contribution in [3.8, 4) is 51.2 Å². The predicted molar refractivity (Wildman–Crippen MR) is 121 cm³/mol. The van der Waals surface area contributed by atoms with Gasteiger partial charge in [0.1, 0.15) is 11.6 Å². The molecule has 0 atom stereocenters. The Balaban J connectivity index is 2.00. The van der Waals surface area contributed by atoms with Crippen LogP contribution in [0, 0.1) is 10.1 Å². The van der Waals surface area contributed by atoms with Crippen LogP contribution < -0.4 is 14.2 Å². The second-order valence-corrected chi connectivity index (χ2v) is 6.86. The zero-order valence-corrected chi connectivity index (χ0v) is 17.8. The molecule has 4 aromatic rings. The van der Waals surface area contributed by atoms with E-state index in [2.05, 4.69) is 4.98 Å². The van der Waals surface area contributed by atoms with Crippen molar-refractivity contribution in [2.75, 3.05) is 21.3 Å². The van der Waals surface area contributed by atoms with Gasteiger partial charge in [-0.2, -0.15) is 0 Å². The lowest BCUT2D eigenvalue weighted by molar-refractivity contribution is -0.384. The molecule has 8 nitrogen and oxygen atoms in total. The van der Waals surface area contributed by atoms with Gasteiger partial charge in [-0.3, -0.25) is 10.1 Å². The summed E-state index contributed by atoms with van der Waals surface area (Å²) in [5, 5.41) is 11.4. The van der Waals surface area contributed by atoms with Crippen LogP contribution in [0.3, 0.4) is 0 Å². The number of nitrogens with one attached hydrogen (secondary N) is 1. The molecule has 0 aliphatic carbocycles. The average Bonchev–Trinajstić information content (AvgIpc) is 3.28. The van der Waals surface area contributed by atoms with E-state index in [0.29, 0.717) is 45.6 Å². The van der Waals surface area contributed by atoms with Gasteiger partial charge in [0.15, 0.2) is 11.5 Å². The monoisotopic (exact) mass is 431 g/mol. The van der Waals surface area contributed by atoms with E-state index in [1.807, 2.05) is 42.5 Å². The van der Waals surface area contributed by atoms with Gasteiger partial charge in [-0.25, -0.2) is 4.98 Å². The van der Waals surface area contributed by atoms with Crippen LogP contribution in [0.4, 0.5) is 5.69 Å². The summed E-state index contributed by atoms with van der Waals surface area (Å²) in [7, 11) is 4.65. The lowest BCUT2D eigenvalue weighted by Gasteiger charge is -2.11. The Morgan fingerprint density at radius 3 is 2.25 bits per heavy atom. The highest BCUT2D eigenvalue weighted by Gasteiger charge is 2.23. The van der Waals surface area contributed by atoms with Crippen molar-refractivity contribution in [1.29, 1.82) is 0 Å². The molecule has 0 fully saturated rings. The van der Waals surface area contributed by atoms with E-state index in [4.69, 9.17) is 19.2 Å². The molecule has 1 aromatic heterocycles. The van der Waals surface area contributed by atoms with E-state index < -0.39 is 4.92 Å². The maximum atomic E-state index is 11.4. The lowest BCUT2D eigenvalue weighted by Crippen LogP contribution is -1.94. The summed E-state index contributed by atoms with van der Waals surface area (Å²) in [5.41, 5.74) is 3.25. The molecule has 0 saturated carbocycles. The number of benzene rings is 3. The van der Waals surface area contributed by atoms with E-state index in [0.717, 1.165) is 5.56 Å². The minimum atomic E-state index is -0.437. The SMILES string of the molecule is COc1ccc([N+](=O)[O-])cc1-c1[nH]c(-c2cccc(OC)c2OC)nc1-c1ccccc1. The average molecular weight is 431 g/mol. The zero-order chi connectivity index (χ0) is 22.7. The van der Waals surface area contributed by atoms with Crippen LogP contribution in [0.2, 0.25) is 0 Å². The minimum Gasteiger partial charge on any atom is -0.496 e. The van der Waals surface area contributed by atoms with Crippen LogP contribution >= 0.6 is 0 Å². The van der Waals surface area contributed by atoms with Gasteiger partial charge >= 0.3 is 0 Å². The number of ether oxygens (including phenoxy) is 3. The molecule has 8 heteroatoms. The fourth-order valence-electron chi connectivity index (χ4n) is 3.58. The van der Waals surface area contributed by atoms with Crippen molar-refractivity contribution in [2.24, 2.45) is 0 Å². The van der Waals surface area contributed by atoms with Crippen LogP contribution in [0.1, 0.15) is 0 Å². The van der Waals surface area contributed by atoms with Gasteiger partial charge < -0.3 is 19.2 Å². The number of hydrogen-bond donors (Lipinski definition) is 1. The number of nitrogens with zero attached hydrogens (tertiary/aromatic N) is 2. The Bertz CT molecular complexity index is 1270. The minimum absolute atomic E-state index is 0.0464. The number of nitro benzene ring substituents is 1. The Hall–Kier alpha value is -4.33. The van der Waals surface area contributed by atoms with Crippen molar-refractivity contribution < 1.29 is 19.1 Å². The number of non-ortho nitro benzene ring substituents is 1. The molecule has 1 heterocycles. The molecule has 0 amide bonds. The first-order valence-electron chi connectivity index (χ1n) is 9.77. The molecule has 4 rings (SSSR count). The van der Waals surface area contributed by atoms with Crippen molar-refractivity contribution in [2.45, 2.75) is 0 Å². The fraction of sp³-hybridized carbons (Fsp3) is 0.125. The van der Waals surface area contributed by atoms with Gasteiger partial charge in [-0.1, -0.05) is 36.4 Å². The largest absolute Gasteiger partial charge is 0.496 e. The number of hydrogen-bond acceptors (Lipinski definition) is 6. The third-order valence-electron chi connectivity index (χ3n) is 5.07. The number of rotatable bonds is 7. The first-order chi connectivity index (χ1) is 15.6. The van der Waals surface area contributed by atoms with E-state index >= 15 is 0 Å². The Labute approximate surface area is 184 Å². The molecule has 0 bridgehead atoms. The molecule has 0 aliphatic rings. The summed E-state index contributed by atoms with van der Waals surface area (Å²) in [6.07, 6.45) is 0. The van der Waals surface area contributed by atoms with Crippen LogP contribution in [0.15, 0.2) is 66.7 Å². The van der Waals surface area contributed by atoms with E-state index in [1.165, 1.54) is 19.2 Å². The van der Waals surface area contributed by atoms with Crippen LogP contribution in [-0.4, -0.2) is 36.2 Å². The van der Waals surface area contributed by atoms with E-state index in [1.54, 1.807) is 26.4 Å². The molecular formula is C24H21N3O5. The second kappa shape index (κ2) is 8.81. The number of aromatic nitrogens is 2. The van der Waals surface area contributed by atoms with Crippen molar-refractivity contribution in [3.63, 3.8) is 0 Å². The van der Waals surface area contributed by atoms with Crippen molar-refractivity contribution in [1.82, 2.24) is 9.97 Å². The summed E-state index contributed by atoms with van der Waals surface area (Å²) in [6.45, 7) is 0. The molecule has 32 heavy (non-hydrogen) atoms. The Morgan fingerprint density at radius 1 is 0.844 bits per heavy atom. The number of para-hydroxylation sites is 1. The normalized spacial score (nSPS) is 10.6. The quantitative estimate of drug-likeness (QED) is 0.313. The maximum absolute atomic E-state index is 11.4. The van der Waals surface area contributed by atoms with Crippen molar-refractivity contribution in [3.05, 3.63) is 76.8 Å². The van der Waals surface area contributed by atoms with Gasteiger partial charge in [0, 0.05) is 23.3 Å². The number of H-pyrrole nitrogens is 1. The van der Waals surface area contributed by atoms with Crippen LogP contribution in [0.5, 0.6) is 17.2 Å². The van der Waals surface area contributed by atoms with Gasteiger partial charge in [-0.15, -0.1) is 0 Å². The molecule has 0 aliphatic heterocycles. The molecule has 1 N–H and O–H groups in total. The standard InChI is InChI=1S/C24H21N3O5/c1-30-19-13-12-16(27(28)29)14-18(19)22-21(15-8-5-4-6-9-15)25-24(26-22)17-10-7-11-20(31-2)23(17)32-3/h4-14H,1-3H3,(H,25,26). The summed E-state index contributed by atoms with van der Waals surface area (Å²) in [4.78, 5) is 19.2. The third kappa shape index (κ3) is 3.74. The molecule has 3 aromatic carbocycles. The molecule has 0 spiro atoms. The van der Waals surface area contributed by atoms with Gasteiger partial charge in [0.2, 0.25) is 0 Å². The Kier molecular flexibility index (Phi) is 5.76. The van der Waals surface area contributed by atoms with Crippen LogP contribution in [0.25, 0.3) is 33.9 Å². The van der Waals surface area contributed by atoms with Gasteiger partial charge in [0.25, 0.3) is 5.69 Å². The second-order valence-electron chi connectivity index (χ2n) is 6.86. The topological polar surface area (TPSA) is 99.5 Å². The summed E-state index contributed by atoms with van der Waals surface area (Å²) in [5.74, 6) is 2.11. The van der Waals surface area contributed by atoms with Crippen molar-refractivity contribution >= 4 is 5.69 Å². The number of methoxy groups -OCH3 is 3. The fourth-order valence-corrected chi connectivity index (χ4v) is 3.58. The first-order valence-corrected chi connectivity index (χ1v) is 9.77. The summed E-state index contributed by atoms with van der Waals surface area (Å²) < 4.78 is 16.5. The van der Waals surface area contributed by atoms with Gasteiger partial charge in [0.05, 0.1) is 43.2 Å². The summed E-state index contributed by atoms with van der Waals surface area (Å²) >= 11 is 0. The Morgan fingerprint density at radius 2 is 1.59 bits per heavy atom. The predicted octanol–water partition coefficient (Wildman–Crippen LogP) is 5.34. The third-order valence-corrected chi connectivity index (χ3v) is 5.07. The summed E-state index contributed by atoms with van der Waals surface area (Å²) in [6, 6.07) is 19.6. The molecule has 0 unspecified atom stereocenters. The number of nitro groups is 1. The molecule has 0 saturated heterocycles. The van der Waals surface area contributed by atoms with E-state index in [-0.39, 0.29) is 5.69 Å². The first kappa shape index (κ1) is 20.9. The highest BCUT2D eigenvalue weighted by Crippen LogP contribution is 2.42. The molecule has 0 radical (unpaired) electrons. The smallest absolute Gasteiger partial charge is 0.270 e. The maximum Gasteiger partial charge on any atom is 0.270 e. The number of aromatic amines is 1. The van der Waals surface area contributed by atoms with Crippen LogP contribution in [-0.2, 0) is 0 Å². The zero-order valence-electron chi connectivity index (χ0n) is 17.8. The lowest BCUT2D eigenvalue weighted by atomic mass is 10.0. The molecular weight excluding hydrogens is 410 g/mol. The number of imidazole rings is 1. The highest BCUT2D eigenvalue weighted by atomic mass is 16.6. The van der Waals surface area contributed by atoms with Gasteiger partial charge in [-0.05, 0) is 18.2 Å². The van der Waals surface area contributed by atoms with E-state index in [9.17, 15) is 10.1 Å². The highest BCUT2D eigenvalue weighted by molar-refractivity contribution is 5.85.